The summed E-state index contributed by atoms with van der Waals surface area (Å²) in [4.78, 5) is 2.47. The Bertz CT molecular complexity index is 370. The molecule has 0 aliphatic rings. The third-order valence-electron chi connectivity index (χ3n) is 3.90. The second-order valence-corrected chi connectivity index (χ2v) is 5.51. The number of nitrogens with one attached hydrogen (secondary N) is 1. The Hall–Kier alpha value is -0.860. The number of rotatable bonds is 8. The summed E-state index contributed by atoms with van der Waals surface area (Å²) in [5.74, 6) is 0. The van der Waals surface area contributed by atoms with Crippen molar-refractivity contribution in [1.82, 2.24) is 10.2 Å². The fourth-order valence-electron chi connectivity index (χ4n) is 2.36. The van der Waals surface area contributed by atoms with Gasteiger partial charge in [-0.25, -0.2) is 0 Å². The molecule has 19 heavy (non-hydrogen) atoms. The van der Waals surface area contributed by atoms with Crippen molar-refractivity contribution in [2.45, 2.75) is 47.1 Å². The highest BCUT2D eigenvalue weighted by atomic mass is 15.1. The number of aryl methyl sites for hydroxylation is 2. The molecule has 0 radical (unpaired) electrons. The number of hydrogen-bond donors (Lipinski definition) is 1. The highest BCUT2D eigenvalue weighted by Crippen LogP contribution is 2.09. The van der Waals surface area contributed by atoms with E-state index >= 15 is 0 Å². The highest BCUT2D eigenvalue weighted by molar-refractivity contribution is 5.30. The van der Waals surface area contributed by atoms with Crippen molar-refractivity contribution >= 4 is 0 Å². The maximum atomic E-state index is 3.62. The first kappa shape index (κ1) is 16.2. The van der Waals surface area contributed by atoms with Crippen molar-refractivity contribution in [3.05, 3.63) is 34.9 Å². The minimum atomic E-state index is 0.562. The molecule has 0 saturated heterocycles. The van der Waals surface area contributed by atoms with Crippen molar-refractivity contribution in [2.75, 3.05) is 26.2 Å². The second-order valence-electron chi connectivity index (χ2n) is 5.51. The normalized spacial score (nSPS) is 12.9. The molecule has 0 heterocycles. The molecule has 0 amide bonds. The van der Waals surface area contributed by atoms with Crippen molar-refractivity contribution in [3.63, 3.8) is 0 Å². The van der Waals surface area contributed by atoms with E-state index in [0.717, 1.165) is 32.6 Å². The van der Waals surface area contributed by atoms with E-state index in [1.54, 1.807) is 0 Å². The molecule has 0 fully saturated rings. The molecule has 1 unspecified atom stereocenters. The Morgan fingerprint density at radius 1 is 1.11 bits per heavy atom. The first-order chi connectivity index (χ1) is 9.06. The van der Waals surface area contributed by atoms with Crippen molar-refractivity contribution < 1.29 is 0 Å². The van der Waals surface area contributed by atoms with Gasteiger partial charge in [0.25, 0.3) is 0 Å². The third kappa shape index (κ3) is 5.75. The summed E-state index contributed by atoms with van der Waals surface area (Å²) in [5.41, 5.74) is 4.21. The second kappa shape index (κ2) is 8.34. The fraction of sp³-hybridized carbons (Fsp3) is 0.647. The van der Waals surface area contributed by atoms with Gasteiger partial charge < -0.3 is 10.2 Å². The maximum Gasteiger partial charge on any atom is 0.0166 e. The lowest BCUT2D eigenvalue weighted by molar-refractivity contribution is 0.272. The summed E-state index contributed by atoms with van der Waals surface area (Å²) in [6, 6.07) is 7.35. The van der Waals surface area contributed by atoms with E-state index in [1.165, 1.54) is 16.7 Å². The van der Waals surface area contributed by atoms with Crippen LogP contribution in [-0.4, -0.2) is 37.1 Å². The lowest BCUT2D eigenvalue weighted by atomic mass is 10.0. The Labute approximate surface area is 119 Å². The SMILES string of the molecule is CCN(CC)CC(C)NCCc1ccc(C)c(C)c1. The van der Waals surface area contributed by atoms with Crippen LogP contribution in [0.5, 0.6) is 0 Å². The van der Waals surface area contributed by atoms with Gasteiger partial charge in [-0.05, 0) is 63.5 Å². The van der Waals surface area contributed by atoms with Crippen LogP contribution in [0.25, 0.3) is 0 Å². The Morgan fingerprint density at radius 2 is 1.79 bits per heavy atom. The van der Waals surface area contributed by atoms with Gasteiger partial charge in [0.2, 0.25) is 0 Å². The molecular weight excluding hydrogens is 232 g/mol. The molecule has 0 aliphatic heterocycles. The molecular formula is C17H30N2. The first-order valence-corrected chi connectivity index (χ1v) is 7.58. The predicted molar refractivity (Wildman–Crippen MR) is 84.9 cm³/mol. The van der Waals surface area contributed by atoms with E-state index in [-0.39, 0.29) is 0 Å². The summed E-state index contributed by atoms with van der Waals surface area (Å²) in [5, 5.41) is 3.62. The molecule has 1 aromatic carbocycles. The van der Waals surface area contributed by atoms with Crippen LogP contribution in [0.4, 0.5) is 0 Å². The summed E-state index contributed by atoms with van der Waals surface area (Å²) in [6.07, 6.45) is 1.11. The van der Waals surface area contributed by atoms with Crippen LogP contribution in [0, 0.1) is 13.8 Å². The van der Waals surface area contributed by atoms with Crippen LogP contribution < -0.4 is 5.32 Å². The van der Waals surface area contributed by atoms with Crippen molar-refractivity contribution in [3.8, 4) is 0 Å². The molecule has 0 aromatic heterocycles. The molecule has 1 rings (SSSR count). The van der Waals surface area contributed by atoms with Crippen LogP contribution in [0.2, 0.25) is 0 Å². The van der Waals surface area contributed by atoms with E-state index in [2.05, 4.69) is 63.0 Å². The molecule has 0 spiro atoms. The summed E-state index contributed by atoms with van der Waals surface area (Å²) < 4.78 is 0. The van der Waals surface area contributed by atoms with Gasteiger partial charge in [-0.1, -0.05) is 32.0 Å². The monoisotopic (exact) mass is 262 g/mol. The molecule has 2 nitrogen and oxygen atoms in total. The highest BCUT2D eigenvalue weighted by Gasteiger charge is 2.06. The van der Waals surface area contributed by atoms with Gasteiger partial charge in [0, 0.05) is 12.6 Å². The summed E-state index contributed by atoms with van der Waals surface area (Å²) in [6.45, 7) is 15.6. The van der Waals surface area contributed by atoms with Gasteiger partial charge >= 0.3 is 0 Å². The molecule has 1 N–H and O–H groups in total. The average molecular weight is 262 g/mol. The van der Waals surface area contributed by atoms with Gasteiger partial charge in [-0.15, -0.1) is 0 Å². The van der Waals surface area contributed by atoms with Crippen molar-refractivity contribution in [2.24, 2.45) is 0 Å². The number of hydrogen-bond acceptors (Lipinski definition) is 2. The lowest BCUT2D eigenvalue weighted by Crippen LogP contribution is -2.39. The Kier molecular flexibility index (Phi) is 7.11. The first-order valence-electron chi connectivity index (χ1n) is 7.58. The molecule has 108 valence electrons. The molecule has 0 saturated carbocycles. The third-order valence-corrected chi connectivity index (χ3v) is 3.90. The molecule has 1 atom stereocenters. The van der Waals surface area contributed by atoms with E-state index in [1.807, 2.05) is 0 Å². The van der Waals surface area contributed by atoms with Crippen molar-refractivity contribution in [1.29, 1.82) is 0 Å². The number of benzene rings is 1. The fourth-order valence-corrected chi connectivity index (χ4v) is 2.36. The zero-order chi connectivity index (χ0) is 14.3. The number of likely N-dealkylation sites (N-methyl/N-ethyl adjacent to an activating group) is 1. The van der Waals surface area contributed by atoms with E-state index in [0.29, 0.717) is 6.04 Å². The Morgan fingerprint density at radius 3 is 2.37 bits per heavy atom. The van der Waals surface area contributed by atoms with E-state index in [4.69, 9.17) is 0 Å². The van der Waals surface area contributed by atoms with Crippen LogP contribution in [0.3, 0.4) is 0 Å². The minimum absolute atomic E-state index is 0.562. The van der Waals surface area contributed by atoms with Crippen LogP contribution >= 0.6 is 0 Å². The minimum Gasteiger partial charge on any atom is -0.313 e. The molecule has 0 bridgehead atoms. The van der Waals surface area contributed by atoms with Gasteiger partial charge in [0.05, 0.1) is 0 Å². The smallest absolute Gasteiger partial charge is 0.0166 e. The molecule has 0 aliphatic carbocycles. The standard InChI is InChI=1S/C17H30N2/c1-6-19(7-2)13-16(5)18-11-10-17-9-8-14(3)15(4)12-17/h8-9,12,16,18H,6-7,10-11,13H2,1-5H3. The lowest BCUT2D eigenvalue weighted by Gasteiger charge is -2.23. The zero-order valence-corrected chi connectivity index (χ0v) is 13.3. The zero-order valence-electron chi connectivity index (χ0n) is 13.3. The summed E-state index contributed by atoms with van der Waals surface area (Å²) in [7, 11) is 0. The van der Waals surface area contributed by atoms with Crippen LogP contribution in [0.1, 0.15) is 37.5 Å². The Balaban J connectivity index is 2.31. The summed E-state index contributed by atoms with van der Waals surface area (Å²) >= 11 is 0. The number of nitrogens with zero attached hydrogens (tertiary/aromatic N) is 1. The quantitative estimate of drug-likeness (QED) is 0.774. The molecule has 1 aromatic rings. The van der Waals surface area contributed by atoms with Crippen LogP contribution in [-0.2, 0) is 6.42 Å². The van der Waals surface area contributed by atoms with Gasteiger partial charge in [0.15, 0.2) is 0 Å². The van der Waals surface area contributed by atoms with Crippen LogP contribution in [0.15, 0.2) is 18.2 Å². The average Bonchev–Trinajstić information content (AvgIpc) is 2.40. The predicted octanol–water partition coefficient (Wildman–Crippen LogP) is 3.17. The topological polar surface area (TPSA) is 15.3 Å². The van der Waals surface area contributed by atoms with Gasteiger partial charge in [0.1, 0.15) is 0 Å². The largest absolute Gasteiger partial charge is 0.313 e. The van der Waals surface area contributed by atoms with E-state index in [9.17, 15) is 0 Å². The van der Waals surface area contributed by atoms with Gasteiger partial charge in [-0.3, -0.25) is 0 Å². The maximum absolute atomic E-state index is 3.62. The molecule has 2 heteroatoms. The van der Waals surface area contributed by atoms with E-state index < -0.39 is 0 Å². The van der Waals surface area contributed by atoms with Gasteiger partial charge in [-0.2, -0.15) is 0 Å².